The average Bonchev–Trinajstić information content (AvgIpc) is 2.84. The second kappa shape index (κ2) is 14.1. The third kappa shape index (κ3) is 8.42. The fourth-order valence-electron chi connectivity index (χ4n) is 6.29. The highest BCUT2D eigenvalue weighted by Gasteiger charge is 2.33. The van der Waals surface area contributed by atoms with Crippen LogP contribution in [0.5, 0.6) is 5.75 Å². The van der Waals surface area contributed by atoms with Gasteiger partial charge >= 0.3 is 5.97 Å². The van der Waals surface area contributed by atoms with Crippen LogP contribution in [0.25, 0.3) is 0 Å². The summed E-state index contributed by atoms with van der Waals surface area (Å²) in [6, 6.07) is 6.34. The molecule has 0 amide bonds. The molecule has 0 aliphatic heterocycles. The van der Waals surface area contributed by atoms with Gasteiger partial charge in [-0.15, -0.1) is 0 Å². The minimum Gasteiger partial charge on any atom is -0.426 e. The summed E-state index contributed by atoms with van der Waals surface area (Å²) in [5.74, 6) is 3.56. The van der Waals surface area contributed by atoms with Gasteiger partial charge in [0.1, 0.15) is 5.75 Å². The number of carbonyl (C=O) groups excluding carboxylic acids is 1. The van der Waals surface area contributed by atoms with Crippen molar-refractivity contribution in [3.05, 3.63) is 29.3 Å². The van der Waals surface area contributed by atoms with Gasteiger partial charge < -0.3 is 9.47 Å². The number of rotatable bonds is 12. The number of hydrogen-bond donors (Lipinski definition) is 0. The SMILES string of the molecule is CCCC1CCC(C2CCC(C(=O)Oc3ccc(CCCCCCOC)cc3C)CC2)CC1. The molecule has 0 aromatic heterocycles. The van der Waals surface area contributed by atoms with Crippen LogP contribution in [0.15, 0.2) is 18.2 Å². The van der Waals surface area contributed by atoms with Crippen molar-refractivity contribution >= 4 is 5.97 Å². The number of aryl methyl sites for hydroxylation is 2. The number of carbonyl (C=O) groups is 1. The molecule has 0 bridgehead atoms. The molecule has 0 N–H and O–H groups in total. The summed E-state index contributed by atoms with van der Waals surface area (Å²) in [5.41, 5.74) is 2.42. The van der Waals surface area contributed by atoms with Crippen molar-refractivity contribution in [2.24, 2.45) is 23.7 Å². The van der Waals surface area contributed by atoms with E-state index in [2.05, 4.69) is 26.0 Å². The Kier molecular flexibility index (Phi) is 11.3. The molecular formula is C30H48O3. The largest absolute Gasteiger partial charge is 0.426 e. The molecule has 0 atom stereocenters. The minimum atomic E-state index is -0.00547. The molecule has 0 heterocycles. The summed E-state index contributed by atoms with van der Waals surface area (Å²) in [7, 11) is 1.77. The molecule has 3 heteroatoms. The molecule has 0 radical (unpaired) electrons. The molecule has 3 rings (SSSR count). The number of esters is 1. The van der Waals surface area contributed by atoms with E-state index in [9.17, 15) is 4.79 Å². The Morgan fingerprint density at radius 3 is 2.21 bits per heavy atom. The molecule has 0 unspecified atom stereocenters. The first kappa shape index (κ1) is 26.3. The van der Waals surface area contributed by atoms with Crippen LogP contribution in [0.4, 0.5) is 0 Å². The van der Waals surface area contributed by atoms with Gasteiger partial charge in [0.15, 0.2) is 0 Å². The number of methoxy groups -OCH3 is 1. The Labute approximate surface area is 203 Å². The first-order valence-corrected chi connectivity index (χ1v) is 13.9. The normalized spacial score (nSPS) is 25.7. The third-order valence-corrected chi connectivity index (χ3v) is 8.37. The van der Waals surface area contributed by atoms with Gasteiger partial charge in [-0.2, -0.15) is 0 Å². The Balaban J connectivity index is 1.38. The lowest BCUT2D eigenvalue weighted by atomic mass is 9.69. The van der Waals surface area contributed by atoms with Crippen LogP contribution in [0.1, 0.15) is 108 Å². The van der Waals surface area contributed by atoms with Crippen LogP contribution in [0, 0.1) is 30.6 Å². The van der Waals surface area contributed by atoms with Crippen LogP contribution in [0.2, 0.25) is 0 Å². The first-order chi connectivity index (χ1) is 16.1. The lowest BCUT2D eigenvalue weighted by molar-refractivity contribution is -0.140. The quantitative estimate of drug-likeness (QED) is 0.181. The van der Waals surface area contributed by atoms with E-state index in [1.807, 2.05) is 6.07 Å². The Hall–Kier alpha value is -1.35. The summed E-state index contributed by atoms with van der Waals surface area (Å²) < 4.78 is 11.0. The molecule has 2 aliphatic carbocycles. The van der Waals surface area contributed by atoms with E-state index in [4.69, 9.17) is 9.47 Å². The van der Waals surface area contributed by atoms with E-state index >= 15 is 0 Å². The van der Waals surface area contributed by atoms with Gasteiger partial charge in [0, 0.05) is 13.7 Å². The smallest absolute Gasteiger partial charge is 0.314 e. The van der Waals surface area contributed by atoms with E-state index in [-0.39, 0.29) is 11.9 Å². The molecule has 33 heavy (non-hydrogen) atoms. The average molecular weight is 457 g/mol. The predicted molar refractivity (Wildman–Crippen MR) is 137 cm³/mol. The van der Waals surface area contributed by atoms with Crippen molar-refractivity contribution in [1.29, 1.82) is 0 Å². The molecule has 2 saturated carbocycles. The maximum atomic E-state index is 12.9. The number of benzene rings is 1. The summed E-state index contributed by atoms with van der Waals surface area (Å²) in [5, 5.41) is 0. The van der Waals surface area contributed by atoms with Gasteiger partial charge in [-0.3, -0.25) is 4.79 Å². The molecule has 0 spiro atoms. The second-order valence-electron chi connectivity index (χ2n) is 10.9. The van der Waals surface area contributed by atoms with Gasteiger partial charge in [-0.25, -0.2) is 0 Å². The molecule has 1 aromatic rings. The lowest BCUT2D eigenvalue weighted by Crippen LogP contribution is -2.30. The van der Waals surface area contributed by atoms with E-state index in [0.29, 0.717) is 0 Å². The van der Waals surface area contributed by atoms with Gasteiger partial charge in [0.2, 0.25) is 0 Å². The fourth-order valence-corrected chi connectivity index (χ4v) is 6.29. The second-order valence-corrected chi connectivity index (χ2v) is 10.9. The number of unbranched alkanes of at least 4 members (excludes halogenated alkanes) is 3. The summed E-state index contributed by atoms with van der Waals surface area (Å²) in [6.07, 6.45) is 18.8. The number of ether oxygens (including phenoxy) is 2. The first-order valence-electron chi connectivity index (χ1n) is 13.9. The molecule has 2 fully saturated rings. The zero-order chi connectivity index (χ0) is 23.5. The molecular weight excluding hydrogens is 408 g/mol. The molecule has 1 aromatic carbocycles. The summed E-state index contributed by atoms with van der Waals surface area (Å²) in [4.78, 5) is 12.9. The van der Waals surface area contributed by atoms with Crippen molar-refractivity contribution in [2.45, 2.75) is 110 Å². The Morgan fingerprint density at radius 2 is 1.58 bits per heavy atom. The minimum absolute atomic E-state index is 0.00547. The summed E-state index contributed by atoms with van der Waals surface area (Å²) in [6.45, 7) is 5.24. The van der Waals surface area contributed by atoms with Crippen molar-refractivity contribution < 1.29 is 14.3 Å². The van der Waals surface area contributed by atoms with Gasteiger partial charge in [-0.05, 0) is 99.7 Å². The zero-order valence-corrected chi connectivity index (χ0v) is 21.6. The monoisotopic (exact) mass is 456 g/mol. The van der Waals surface area contributed by atoms with Gasteiger partial charge in [0.25, 0.3) is 0 Å². The van der Waals surface area contributed by atoms with Crippen molar-refractivity contribution in [1.82, 2.24) is 0 Å². The number of hydrogen-bond acceptors (Lipinski definition) is 3. The van der Waals surface area contributed by atoms with Crippen LogP contribution < -0.4 is 4.74 Å². The Bertz CT molecular complexity index is 696. The van der Waals surface area contributed by atoms with E-state index in [1.54, 1.807) is 7.11 Å². The van der Waals surface area contributed by atoms with Gasteiger partial charge in [-0.1, -0.05) is 57.6 Å². The van der Waals surface area contributed by atoms with E-state index < -0.39 is 0 Å². The zero-order valence-electron chi connectivity index (χ0n) is 21.6. The van der Waals surface area contributed by atoms with Crippen LogP contribution in [-0.2, 0) is 16.0 Å². The van der Waals surface area contributed by atoms with Crippen molar-refractivity contribution in [3.8, 4) is 5.75 Å². The molecule has 0 saturated heterocycles. The predicted octanol–water partition coefficient (Wildman–Crippen LogP) is 8.06. The fraction of sp³-hybridized carbons (Fsp3) is 0.767. The van der Waals surface area contributed by atoms with Crippen molar-refractivity contribution in [2.75, 3.05) is 13.7 Å². The molecule has 3 nitrogen and oxygen atoms in total. The van der Waals surface area contributed by atoms with E-state index in [1.165, 1.54) is 76.2 Å². The van der Waals surface area contributed by atoms with Crippen molar-refractivity contribution in [3.63, 3.8) is 0 Å². The van der Waals surface area contributed by atoms with Crippen LogP contribution in [-0.4, -0.2) is 19.7 Å². The standard InChI is InChI=1S/C30H48O3/c1-4-9-24-11-14-26(15-12-24)27-16-18-28(19-17-27)30(31)33-29-20-13-25(22-23(29)2)10-7-5-6-8-21-32-3/h13,20,22,24,26-28H,4-12,14-19,21H2,1-3H3. The summed E-state index contributed by atoms with van der Waals surface area (Å²) >= 11 is 0. The third-order valence-electron chi connectivity index (χ3n) is 8.37. The van der Waals surface area contributed by atoms with Gasteiger partial charge in [0.05, 0.1) is 5.92 Å². The highest BCUT2D eigenvalue weighted by Crippen LogP contribution is 2.42. The highest BCUT2D eigenvalue weighted by atomic mass is 16.5. The lowest BCUT2D eigenvalue weighted by Gasteiger charge is -2.37. The van der Waals surface area contributed by atoms with Crippen LogP contribution >= 0.6 is 0 Å². The maximum absolute atomic E-state index is 12.9. The topological polar surface area (TPSA) is 35.5 Å². The van der Waals surface area contributed by atoms with E-state index in [0.717, 1.165) is 61.4 Å². The van der Waals surface area contributed by atoms with Crippen LogP contribution in [0.3, 0.4) is 0 Å². The Morgan fingerprint density at radius 1 is 0.909 bits per heavy atom. The molecule has 2 aliphatic rings. The molecule has 186 valence electrons. The maximum Gasteiger partial charge on any atom is 0.314 e. The highest BCUT2D eigenvalue weighted by molar-refractivity contribution is 5.75.